The Morgan fingerprint density at radius 3 is 2.56 bits per heavy atom. The molecular weight excluding hydrogens is 404 g/mol. The van der Waals surface area contributed by atoms with Gasteiger partial charge in [0, 0.05) is 23.4 Å². The molecule has 6 nitrogen and oxygen atoms in total. The van der Waals surface area contributed by atoms with Gasteiger partial charge in [0.15, 0.2) is 5.43 Å². The Morgan fingerprint density at radius 2 is 1.94 bits per heavy atom. The predicted molar refractivity (Wildman–Crippen MR) is 122 cm³/mol. The summed E-state index contributed by atoms with van der Waals surface area (Å²) in [6, 6.07) is 7.48. The zero-order valence-corrected chi connectivity index (χ0v) is 18.8. The molecule has 1 saturated carbocycles. The molecule has 1 aliphatic carbocycles. The van der Waals surface area contributed by atoms with Crippen molar-refractivity contribution in [2.24, 2.45) is 11.8 Å². The maximum atomic E-state index is 12.6. The Kier molecular flexibility index (Phi) is 4.38. The van der Waals surface area contributed by atoms with Crippen LogP contribution in [0.15, 0.2) is 35.3 Å². The lowest BCUT2D eigenvalue weighted by molar-refractivity contribution is 0.0694. The minimum Gasteiger partial charge on any atom is -0.477 e. The topological polar surface area (TPSA) is 82.8 Å². The number of pyridine rings is 1. The summed E-state index contributed by atoms with van der Waals surface area (Å²) in [6.07, 6.45) is 4.93. The minimum atomic E-state index is -1.21. The van der Waals surface area contributed by atoms with Crippen molar-refractivity contribution >= 4 is 5.97 Å². The zero-order valence-electron chi connectivity index (χ0n) is 18.8. The molecule has 2 aromatic rings. The molecule has 0 spiro atoms. The molecule has 3 heterocycles. The van der Waals surface area contributed by atoms with Crippen molar-refractivity contribution in [2.75, 3.05) is 5.01 Å². The molecule has 5 rings (SSSR count). The monoisotopic (exact) mass is 432 g/mol. The van der Waals surface area contributed by atoms with E-state index < -0.39 is 17.0 Å². The third-order valence-electron chi connectivity index (χ3n) is 6.90. The first kappa shape index (κ1) is 20.8. The summed E-state index contributed by atoms with van der Waals surface area (Å²) in [5.74, 6) is 5.87. The first-order valence-corrected chi connectivity index (χ1v) is 11.2. The van der Waals surface area contributed by atoms with Crippen molar-refractivity contribution in [1.82, 2.24) is 4.68 Å². The lowest BCUT2D eigenvalue weighted by Crippen LogP contribution is -2.50. The third-order valence-corrected chi connectivity index (χ3v) is 6.90. The van der Waals surface area contributed by atoms with Crippen LogP contribution in [0.25, 0.3) is 11.3 Å². The Bertz CT molecular complexity index is 1250. The lowest BCUT2D eigenvalue weighted by Gasteiger charge is -2.45. The van der Waals surface area contributed by atoms with Crippen LogP contribution in [-0.4, -0.2) is 32.0 Å². The molecule has 2 N–H and O–H groups in total. The van der Waals surface area contributed by atoms with Crippen LogP contribution in [0.1, 0.15) is 74.5 Å². The maximum absolute atomic E-state index is 12.6. The first-order chi connectivity index (χ1) is 15.0. The first-order valence-electron chi connectivity index (χ1n) is 11.2. The molecule has 0 radical (unpaired) electrons. The molecule has 1 saturated heterocycles. The van der Waals surface area contributed by atoms with Gasteiger partial charge in [-0.3, -0.25) is 14.5 Å². The fourth-order valence-corrected chi connectivity index (χ4v) is 5.48. The van der Waals surface area contributed by atoms with Gasteiger partial charge in [-0.25, -0.2) is 4.79 Å². The molecule has 166 valence electrons. The van der Waals surface area contributed by atoms with Crippen molar-refractivity contribution < 1.29 is 15.0 Å². The van der Waals surface area contributed by atoms with Crippen molar-refractivity contribution in [2.45, 2.75) is 64.1 Å². The molecule has 0 amide bonds. The predicted octanol–water partition coefficient (Wildman–Crippen LogP) is 3.54. The maximum Gasteiger partial charge on any atom is 0.341 e. The number of hydrogen-bond acceptors (Lipinski definition) is 4. The number of fused-ring (bicyclic) bond motifs is 6. The number of rotatable bonds is 2. The van der Waals surface area contributed by atoms with Gasteiger partial charge in [-0.2, -0.15) is 0 Å². The molecule has 2 fully saturated rings. The van der Waals surface area contributed by atoms with Crippen LogP contribution in [0.2, 0.25) is 0 Å². The number of hydrogen-bond donors (Lipinski definition) is 2. The number of carboxylic acids is 1. The zero-order chi connectivity index (χ0) is 23.0. The molecular formula is C26H28N2O4. The van der Waals surface area contributed by atoms with Gasteiger partial charge >= 0.3 is 5.97 Å². The van der Waals surface area contributed by atoms with Gasteiger partial charge < -0.3 is 10.2 Å². The van der Waals surface area contributed by atoms with E-state index in [2.05, 4.69) is 36.8 Å². The van der Waals surface area contributed by atoms with E-state index in [0.29, 0.717) is 17.5 Å². The van der Waals surface area contributed by atoms with E-state index in [1.165, 1.54) is 25.1 Å². The molecule has 2 aliphatic heterocycles. The Balaban J connectivity index is 1.76. The molecule has 2 unspecified atom stereocenters. The summed E-state index contributed by atoms with van der Waals surface area (Å²) in [5, 5.41) is 21.9. The number of carbonyl (C=O) groups is 1. The summed E-state index contributed by atoms with van der Waals surface area (Å²) >= 11 is 0. The molecule has 2 atom stereocenters. The lowest BCUT2D eigenvalue weighted by atomic mass is 9.84. The van der Waals surface area contributed by atoms with Crippen LogP contribution in [-0.2, 0) is 0 Å². The Morgan fingerprint density at radius 1 is 1.22 bits per heavy atom. The van der Waals surface area contributed by atoms with Crippen LogP contribution in [0.3, 0.4) is 0 Å². The fraction of sp³-hybridized carbons (Fsp3) is 0.462. The van der Waals surface area contributed by atoms with Crippen LogP contribution in [0.5, 0.6) is 0 Å². The number of aliphatic hydroxyl groups is 1. The summed E-state index contributed by atoms with van der Waals surface area (Å²) in [5.41, 5.74) is 1.60. The van der Waals surface area contributed by atoms with Crippen LogP contribution in [0, 0.1) is 23.7 Å². The van der Waals surface area contributed by atoms with E-state index in [9.17, 15) is 19.8 Å². The van der Waals surface area contributed by atoms with Crippen LogP contribution >= 0.6 is 0 Å². The van der Waals surface area contributed by atoms with Crippen molar-refractivity contribution in [3.63, 3.8) is 0 Å². The van der Waals surface area contributed by atoms with Gasteiger partial charge in [-0.15, -0.1) is 0 Å². The summed E-state index contributed by atoms with van der Waals surface area (Å²) in [7, 11) is 0. The third kappa shape index (κ3) is 3.32. The average molecular weight is 433 g/mol. The molecule has 0 bridgehead atoms. The van der Waals surface area contributed by atoms with Crippen LogP contribution < -0.4 is 10.4 Å². The SMILES string of the molecule is CC(C)(O)C#Cc1ccc2c(c1)C1C(C3CC3)CC(C)(C)N1n1cc(C(=O)O)c(=O)cc1-2. The highest BCUT2D eigenvalue weighted by Crippen LogP contribution is 2.57. The second kappa shape index (κ2) is 6.73. The number of benzene rings is 1. The van der Waals surface area contributed by atoms with Gasteiger partial charge in [-0.05, 0) is 76.5 Å². The Hall–Kier alpha value is -3.04. The standard InChI is InChI=1S/C26H28N2O4/c1-25(2)13-19(16-6-7-16)23-18-11-15(9-10-26(3,4)32)5-8-17(18)21-12-22(29)20(24(30)31)14-27(21)28(23)25/h5,8,11-12,14,16,19,23,32H,6-7,13H2,1-4H3,(H,30,31). The smallest absolute Gasteiger partial charge is 0.341 e. The van der Waals surface area contributed by atoms with Gasteiger partial charge in [0.2, 0.25) is 0 Å². The number of nitrogens with zero attached hydrogens (tertiary/aromatic N) is 2. The van der Waals surface area contributed by atoms with E-state index in [4.69, 9.17) is 0 Å². The Labute approximate surface area is 187 Å². The molecule has 1 aromatic heterocycles. The summed E-state index contributed by atoms with van der Waals surface area (Å²) < 4.78 is 1.91. The van der Waals surface area contributed by atoms with Crippen molar-refractivity contribution in [3.05, 3.63) is 57.4 Å². The number of aromatic nitrogens is 1. The van der Waals surface area contributed by atoms with Gasteiger partial charge in [0.25, 0.3) is 0 Å². The normalized spacial score (nSPS) is 23.0. The number of aromatic carboxylic acids is 1. The second-order valence-corrected chi connectivity index (χ2v) is 10.5. The van der Waals surface area contributed by atoms with E-state index in [1.54, 1.807) is 13.8 Å². The van der Waals surface area contributed by atoms with E-state index in [0.717, 1.165) is 23.1 Å². The molecule has 6 heteroatoms. The molecule has 1 aromatic carbocycles. The summed E-state index contributed by atoms with van der Waals surface area (Å²) in [4.78, 5) is 24.3. The largest absolute Gasteiger partial charge is 0.477 e. The van der Waals surface area contributed by atoms with E-state index in [-0.39, 0.29) is 17.1 Å². The van der Waals surface area contributed by atoms with Gasteiger partial charge in [0.1, 0.15) is 11.2 Å². The van der Waals surface area contributed by atoms with Gasteiger partial charge in [-0.1, -0.05) is 17.9 Å². The quantitative estimate of drug-likeness (QED) is 0.710. The van der Waals surface area contributed by atoms with Crippen molar-refractivity contribution in [1.29, 1.82) is 0 Å². The van der Waals surface area contributed by atoms with Crippen molar-refractivity contribution in [3.8, 4) is 23.1 Å². The number of carboxylic acid groups (broad SMARTS) is 1. The van der Waals surface area contributed by atoms with Gasteiger partial charge in [0.05, 0.1) is 17.3 Å². The highest BCUT2D eigenvalue weighted by Gasteiger charge is 2.54. The van der Waals surface area contributed by atoms with Crippen LogP contribution in [0.4, 0.5) is 0 Å². The summed E-state index contributed by atoms with van der Waals surface area (Å²) in [6.45, 7) is 7.69. The second-order valence-electron chi connectivity index (χ2n) is 10.5. The molecule has 3 aliphatic rings. The fourth-order valence-electron chi connectivity index (χ4n) is 5.48. The minimum absolute atomic E-state index is 0.0769. The van der Waals surface area contributed by atoms with E-state index in [1.807, 2.05) is 16.8 Å². The molecule has 32 heavy (non-hydrogen) atoms. The highest BCUT2D eigenvalue weighted by atomic mass is 16.4. The average Bonchev–Trinajstić information content (AvgIpc) is 3.49. The van der Waals surface area contributed by atoms with E-state index >= 15 is 0 Å². The highest BCUT2D eigenvalue weighted by molar-refractivity contribution is 5.88.